The highest BCUT2D eigenvalue weighted by atomic mass is 16.5. The fourth-order valence-electron chi connectivity index (χ4n) is 4.12. The van der Waals surface area contributed by atoms with Gasteiger partial charge in [0.2, 0.25) is 0 Å². The third-order valence-electron chi connectivity index (χ3n) is 5.72. The summed E-state index contributed by atoms with van der Waals surface area (Å²) in [4.78, 5) is 2.22. The van der Waals surface area contributed by atoms with Crippen molar-refractivity contribution in [2.75, 3.05) is 20.6 Å². The van der Waals surface area contributed by atoms with Crippen molar-refractivity contribution in [2.45, 2.75) is 51.0 Å². The molecule has 0 spiro atoms. The molecule has 1 aliphatic rings. The van der Waals surface area contributed by atoms with Gasteiger partial charge in [0, 0.05) is 6.42 Å². The molecule has 0 saturated heterocycles. The topological polar surface area (TPSA) is 42.7 Å². The number of aromatic nitrogens is 3. The van der Waals surface area contributed by atoms with Crippen LogP contribution in [0.2, 0.25) is 0 Å². The van der Waals surface area contributed by atoms with E-state index in [9.17, 15) is 0 Å². The summed E-state index contributed by atoms with van der Waals surface area (Å²) in [5.74, 6) is 2.50. The molecule has 0 fully saturated rings. The minimum atomic E-state index is 0.116. The van der Waals surface area contributed by atoms with Crippen LogP contribution in [0.25, 0.3) is 5.65 Å². The zero-order valence-corrected chi connectivity index (χ0v) is 17.1. The Kier molecular flexibility index (Phi) is 5.62. The summed E-state index contributed by atoms with van der Waals surface area (Å²) in [5.41, 5.74) is 3.63. The van der Waals surface area contributed by atoms with Gasteiger partial charge in [-0.3, -0.25) is 4.40 Å². The second-order valence-corrected chi connectivity index (χ2v) is 8.18. The lowest BCUT2D eigenvalue weighted by molar-refractivity contribution is 0.177. The van der Waals surface area contributed by atoms with Gasteiger partial charge < -0.3 is 9.64 Å². The van der Waals surface area contributed by atoms with Crippen molar-refractivity contribution in [1.82, 2.24) is 19.5 Å². The van der Waals surface area contributed by atoms with Crippen LogP contribution >= 0.6 is 0 Å². The van der Waals surface area contributed by atoms with E-state index in [0.717, 1.165) is 55.9 Å². The zero-order chi connectivity index (χ0) is 19.5. The standard InChI is InChI=1S/C23H30N4O/c1-17-11-13-21(20-9-5-4-8-19(17)20)28-18-12-14-23-25-24-22(27(23)16-18)10-6-7-15-26(2)3/h4-5,8-9,12,14,16-17,21H,6-7,10-11,13,15H2,1-3H3. The molecule has 28 heavy (non-hydrogen) atoms. The number of hydrogen-bond donors (Lipinski definition) is 0. The van der Waals surface area contributed by atoms with Crippen LogP contribution in [0.5, 0.6) is 5.75 Å². The normalized spacial score (nSPS) is 19.1. The molecule has 3 aromatic rings. The van der Waals surface area contributed by atoms with Crippen LogP contribution in [0.1, 0.15) is 61.6 Å². The van der Waals surface area contributed by atoms with Crippen molar-refractivity contribution in [1.29, 1.82) is 0 Å². The summed E-state index contributed by atoms with van der Waals surface area (Å²) in [5, 5.41) is 8.70. The molecule has 0 amide bonds. The first kappa shape index (κ1) is 18.9. The van der Waals surface area contributed by atoms with E-state index in [1.165, 1.54) is 11.1 Å². The van der Waals surface area contributed by atoms with Crippen molar-refractivity contribution in [3.63, 3.8) is 0 Å². The predicted molar refractivity (Wildman–Crippen MR) is 112 cm³/mol. The Balaban J connectivity index is 1.50. The number of hydrogen-bond acceptors (Lipinski definition) is 4. The predicted octanol–water partition coefficient (Wildman–Crippen LogP) is 4.63. The molecule has 2 atom stereocenters. The van der Waals surface area contributed by atoms with E-state index < -0.39 is 0 Å². The van der Waals surface area contributed by atoms with E-state index in [1.54, 1.807) is 0 Å². The lowest BCUT2D eigenvalue weighted by atomic mass is 9.82. The smallest absolute Gasteiger partial charge is 0.161 e. The van der Waals surface area contributed by atoms with Gasteiger partial charge in [-0.1, -0.05) is 31.2 Å². The van der Waals surface area contributed by atoms with Gasteiger partial charge in [-0.2, -0.15) is 0 Å². The number of aryl methyl sites for hydroxylation is 1. The summed E-state index contributed by atoms with van der Waals surface area (Å²) >= 11 is 0. The lowest BCUT2D eigenvalue weighted by Gasteiger charge is -2.30. The summed E-state index contributed by atoms with van der Waals surface area (Å²) in [6.07, 6.45) is 7.58. The molecule has 4 rings (SSSR count). The molecule has 0 N–H and O–H groups in total. The first-order chi connectivity index (χ1) is 13.6. The maximum absolute atomic E-state index is 6.44. The number of rotatable bonds is 7. The third-order valence-corrected chi connectivity index (χ3v) is 5.72. The Hall–Kier alpha value is -2.40. The lowest BCUT2D eigenvalue weighted by Crippen LogP contribution is -2.17. The van der Waals surface area contributed by atoms with Crippen LogP contribution in [0, 0.1) is 0 Å². The molecular formula is C23H30N4O. The molecule has 2 unspecified atom stereocenters. The van der Waals surface area contributed by atoms with Crippen LogP contribution in [0.3, 0.4) is 0 Å². The number of benzene rings is 1. The van der Waals surface area contributed by atoms with E-state index >= 15 is 0 Å². The Bertz CT molecular complexity index is 933. The molecule has 0 radical (unpaired) electrons. The van der Waals surface area contributed by atoms with Crippen molar-refractivity contribution in [3.05, 3.63) is 59.5 Å². The van der Waals surface area contributed by atoms with Crippen LogP contribution in [-0.2, 0) is 6.42 Å². The first-order valence-electron chi connectivity index (χ1n) is 10.4. The monoisotopic (exact) mass is 378 g/mol. The van der Waals surface area contributed by atoms with Gasteiger partial charge in [0.25, 0.3) is 0 Å². The molecule has 148 valence electrons. The number of unbranched alkanes of at least 4 members (excludes halogenated alkanes) is 1. The largest absolute Gasteiger partial charge is 0.484 e. The Morgan fingerprint density at radius 1 is 1.04 bits per heavy atom. The van der Waals surface area contributed by atoms with Gasteiger partial charge in [0.05, 0.1) is 6.20 Å². The SMILES string of the molecule is CC1CCC(Oc2ccc3nnc(CCCCN(C)C)n3c2)c2ccccc21. The van der Waals surface area contributed by atoms with E-state index in [-0.39, 0.29) is 6.10 Å². The zero-order valence-electron chi connectivity index (χ0n) is 17.1. The maximum Gasteiger partial charge on any atom is 0.161 e. The number of ether oxygens (including phenoxy) is 1. The molecule has 1 aliphatic carbocycles. The van der Waals surface area contributed by atoms with Crippen molar-refractivity contribution < 1.29 is 4.74 Å². The van der Waals surface area contributed by atoms with Gasteiger partial charge in [-0.15, -0.1) is 10.2 Å². The molecule has 1 aromatic carbocycles. The number of fused-ring (bicyclic) bond motifs is 2. The average molecular weight is 379 g/mol. The van der Waals surface area contributed by atoms with E-state index in [2.05, 4.69) is 71.0 Å². The summed E-state index contributed by atoms with van der Waals surface area (Å²) < 4.78 is 8.52. The van der Waals surface area contributed by atoms with Gasteiger partial charge in [0.1, 0.15) is 17.7 Å². The molecule has 2 aromatic heterocycles. The maximum atomic E-state index is 6.44. The van der Waals surface area contributed by atoms with E-state index in [4.69, 9.17) is 4.74 Å². The molecule has 0 bridgehead atoms. The van der Waals surface area contributed by atoms with Crippen LogP contribution in [0.15, 0.2) is 42.6 Å². The average Bonchev–Trinajstić information content (AvgIpc) is 3.10. The fraction of sp³-hybridized carbons (Fsp3) is 0.478. The van der Waals surface area contributed by atoms with Gasteiger partial charge in [-0.05, 0) is 75.5 Å². The van der Waals surface area contributed by atoms with Gasteiger partial charge in [-0.25, -0.2) is 0 Å². The Morgan fingerprint density at radius 3 is 2.68 bits per heavy atom. The summed E-state index contributed by atoms with van der Waals surface area (Å²) in [6, 6.07) is 12.7. The molecule has 5 heteroatoms. The quantitative estimate of drug-likeness (QED) is 0.562. The molecular weight excluding hydrogens is 348 g/mol. The van der Waals surface area contributed by atoms with Crippen molar-refractivity contribution in [3.8, 4) is 5.75 Å². The van der Waals surface area contributed by atoms with E-state index in [0.29, 0.717) is 5.92 Å². The van der Waals surface area contributed by atoms with Gasteiger partial charge >= 0.3 is 0 Å². The highest BCUT2D eigenvalue weighted by Crippen LogP contribution is 2.39. The minimum Gasteiger partial charge on any atom is -0.484 e. The van der Waals surface area contributed by atoms with Gasteiger partial charge in [0.15, 0.2) is 5.65 Å². The molecule has 0 saturated carbocycles. The van der Waals surface area contributed by atoms with Crippen LogP contribution in [-0.4, -0.2) is 40.1 Å². The molecule has 0 aliphatic heterocycles. The number of pyridine rings is 1. The van der Waals surface area contributed by atoms with Crippen molar-refractivity contribution >= 4 is 5.65 Å². The van der Waals surface area contributed by atoms with Crippen molar-refractivity contribution in [2.24, 2.45) is 0 Å². The minimum absolute atomic E-state index is 0.116. The second-order valence-electron chi connectivity index (χ2n) is 8.18. The summed E-state index contributed by atoms with van der Waals surface area (Å²) in [7, 11) is 4.22. The van der Waals surface area contributed by atoms with E-state index in [1.807, 2.05) is 12.1 Å². The highest BCUT2D eigenvalue weighted by Gasteiger charge is 2.25. The third kappa shape index (κ3) is 4.04. The summed E-state index contributed by atoms with van der Waals surface area (Å²) in [6.45, 7) is 3.41. The molecule has 2 heterocycles. The Labute approximate surface area is 167 Å². The highest BCUT2D eigenvalue weighted by molar-refractivity contribution is 5.42. The molecule has 5 nitrogen and oxygen atoms in total. The number of nitrogens with zero attached hydrogens (tertiary/aromatic N) is 4. The first-order valence-corrected chi connectivity index (χ1v) is 10.4. The fourth-order valence-corrected chi connectivity index (χ4v) is 4.12. The van der Waals surface area contributed by atoms with Crippen LogP contribution in [0.4, 0.5) is 0 Å². The Morgan fingerprint density at radius 2 is 1.86 bits per heavy atom. The second kappa shape index (κ2) is 8.31. The van der Waals surface area contributed by atoms with Crippen LogP contribution < -0.4 is 4.74 Å².